The smallest absolute Gasteiger partial charge is 0.477 e. The highest BCUT2D eigenvalue weighted by atomic mass is 16.8. The van der Waals surface area contributed by atoms with Crippen molar-refractivity contribution in [3.63, 3.8) is 0 Å². The molecular weight excluding hydrogens is 550 g/mol. The van der Waals surface area contributed by atoms with Crippen LogP contribution in [0.5, 0.6) is 11.5 Å². The van der Waals surface area contributed by atoms with E-state index in [1.807, 2.05) is 20.8 Å². The zero-order valence-electron chi connectivity index (χ0n) is 26.7. The van der Waals surface area contributed by atoms with Gasteiger partial charge in [0.2, 0.25) is 0 Å². The average Bonchev–Trinajstić information content (AvgIpc) is 2.83. The van der Waals surface area contributed by atoms with E-state index in [4.69, 9.17) is 28.4 Å². The van der Waals surface area contributed by atoms with E-state index in [9.17, 15) is 24.3 Å². The molecule has 2 N–H and O–H groups in total. The predicted octanol–water partition coefficient (Wildman–Crippen LogP) is 6.76. The number of carbonyl (C=O) groups is 4. The van der Waals surface area contributed by atoms with Crippen LogP contribution in [-0.4, -0.2) is 58.1 Å². The number of ether oxygens (including phenoxy) is 6. The fourth-order valence-corrected chi connectivity index (χ4v) is 3.14. The summed E-state index contributed by atoms with van der Waals surface area (Å²) in [4.78, 5) is 50.4. The second-order valence-electron chi connectivity index (χ2n) is 12.2. The number of hydrogen-bond acceptors (Lipinski definition) is 11. The molecule has 12 nitrogen and oxygen atoms in total. The summed E-state index contributed by atoms with van der Waals surface area (Å²) < 4.78 is 32.1. The molecule has 0 spiro atoms. The Kier molecular flexibility index (Phi) is 12.7. The highest BCUT2D eigenvalue weighted by Gasteiger charge is 2.45. The van der Waals surface area contributed by atoms with Gasteiger partial charge in [-0.1, -0.05) is 26.8 Å². The molecule has 0 aromatic heterocycles. The number of aliphatic carboxylic acids is 1. The minimum Gasteiger partial charge on any atom is -0.477 e. The van der Waals surface area contributed by atoms with Gasteiger partial charge in [-0.15, -0.1) is 0 Å². The Labute approximate surface area is 248 Å². The van der Waals surface area contributed by atoms with Gasteiger partial charge in [0.25, 0.3) is 5.72 Å². The highest BCUT2D eigenvalue weighted by Crippen LogP contribution is 2.33. The molecule has 1 aromatic rings. The van der Waals surface area contributed by atoms with E-state index in [1.165, 1.54) is 18.2 Å². The third-order valence-electron chi connectivity index (χ3n) is 6.35. The minimum absolute atomic E-state index is 0.175. The summed E-state index contributed by atoms with van der Waals surface area (Å²) in [6, 6.07) is 3.66. The Bertz CT molecular complexity index is 1110. The number of hydrogen-bond donors (Lipinski definition) is 2. The van der Waals surface area contributed by atoms with Crippen LogP contribution in [0.2, 0.25) is 0 Å². The first-order chi connectivity index (χ1) is 19.2. The molecule has 0 amide bonds. The molecule has 1 unspecified atom stereocenters. The fourth-order valence-electron chi connectivity index (χ4n) is 3.14. The van der Waals surface area contributed by atoms with E-state index in [0.717, 1.165) is 0 Å². The zero-order chi connectivity index (χ0) is 32.5. The lowest BCUT2D eigenvalue weighted by Crippen LogP contribution is -2.60. The molecular formula is C30H47NO11. The van der Waals surface area contributed by atoms with Crippen molar-refractivity contribution in [2.75, 3.05) is 0 Å². The quantitative estimate of drug-likeness (QED) is 0.107. The van der Waals surface area contributed by atoms with E-state index < -0.39 is 53.4 Å². The molecule has 0 aliphatic carbocycles. The number of carboxylic acid groups (broad SMARTS) is 1. The van der Waals surface area contributed by atoms with Crippen LogP contribution in [0, 0.1) is 0 Å². The summed E-state index contributed by atoms with van der Waals surface area (Å²) in [6.45, 7) is 18.9. The largest absolute Gasteiger partial charge is 0.514 e. The number of carboxylic acids is 1. The van der Waals surface area contributed by atoms with Crippen LogP contribution in [0.25, 0.3) is 0 Å². The lowest BCUT2D eigenvalue weighted by atomic mass is 10.00. The predicted molar refractivity (Wildman–Crippen MR) is 154 cm³/mol. The molecule has 12 heteroatoms. The van der Waals surface area contributed by atoms with Crippen molar-refractivity contribution in [1.82, 2.24) is 5.32 Å². The van der Waals surface area contributed by atoms with Crippen molar-refractivity contribution in [3.05, 3.63) is 23.8 Å². The molecule has 0 radical (unpaired) electrons. The molecule has 0 saturated heterocycles. The van der Waals surface area contributed by atoms with Gasteiger partial charge in [0, 0.05) is 12.5 Å². The van der Waals surface area contributed by atoms with Crippen molar-refractivity contribution < 1.29 is 52.7 Å². The summed E-state index contributed by atoms with van der Waals surface area (Å²) in [7, 11) is 0. The molecule has 1 rings (SSSR count). The van der Waals surface area contributed by atoms with Crippen LogP contribution < -0.4 is 14.8 Å². The van der Waals surface area contributed by atoms with Crippen LogP contribution in [0.4, 0.5) is 14.4 Å². The summed E-state index contributed by atoms with van der Waals surface area (Å²) in [5.41, 5.74) is -4.61. The molecule has 2 atom stereocenters. The molecule has 0 aliphatic rings. The number of carbonyl (C=O) groups excluding carboxylic acids is 3. The lowest BCUT2D eigenvalue weighted by molar-refractivity contribution is -0.169. The highest BCUT2D eigenvalue weighted by molar-refractivity contribution is 5.80. The van der Waals surface area contributed by atoms with Gasteiger partial charge < -0.3 is 33.5 Å². The van der Waals surface area contributed by atoms with Crippen LogP contribution in [0.1, 0.15) is 101 Å². The topological polar surface area (TPSA) is 156 Å². The number of rotatable bonds is 13. The Morgan fingerprint density at radius 2 is 1.26 bits per heavy atom. The Morgan fingerprint density at radius 3 is 1.69 bits per heavy atom. The van der Waals surface area contributed by atoms with Gasteiger partial charge in [-0.2, -0.15) is 0 Å². The van der Waals surface area contributed by atoms with Crippen molar-refractivity contribution in [1.29, 1.82) is 0 Å². The molecule has 42 heavy (non-hydrogen) atoms. The molecule has 0 heterocycles. The second-order valence-corrected chi connectivity index (χ2v) is 12.2. The van der Waals surface area contributed by atoms with E-state index in [0.29, 0.717) is 19.3 Å². The van der Waals surface area contributed by atoms with Crippen LogP contribution in [0.15, 0.2) is 18.2 Å². The first-order valence-electron chi connectivity index (χ1n) is 14.0. The number of nitrogens with one attached hydrogen (secondary N) is 1. The van der Waals surface area contributed by atoms with Crippen LogP contribution in [-0.2, 0) is 30.2 Å². The lowest BCUT2D eigenvalue weighted by Gasteiger charge is -2.33. The summed E-state index contributed by atoms with van der Waals surface area (Å²) in [5.74, 6) is -1.90. The SMILES string of the molecule is CCC(C)N[C@@](Cc1ccc(OC(=O)OC(C)(C)CC)c(OC(=O)OC(C)(C)CC)c1)(OC(=O)OC(C)(C)C)C(=O)O. The van der Waals surface area contributed by atoms with E-state index in [-0.39, 0.29) is 23.1 Å². The Morgan fingerprint density at radius 1 is 0.762 bits per heavy atom. The van der Waals surface area contributed by atoms with Crippen molar-refractivity contribution in [3.8, 4) is 11.5 Å². The van der Waals surface area contributed by atoms with Gasteiger partial charge in [-0.05, 0) is 92.3 Å². The normalized spacial score (nSPS) is 14.2. The Balaban J connectivity index is 3.55. The number of benzene rings is 1. The van der Waals surface area contributed by atoms with Crippen LogP contribution in [0.3, 0.4) is 0 Å². The monoisotopic (exact) mass is 597 g/mol. The van der Waals surface area contributed by atoms with Gasteiger partial charge in [-0.25, -0.2) is 19.2 Å². The van der Waals surface area contributed by atoms with Crippen molar-refractivity contribution in [2.45, 2.75) is 130 Å². The van der Waals surface area contributed by atoms with Crippen LogP contribution >= 0.6 is 0 Å². The van der Waals surface area contributed by atoms with Gasteiger partial charge >= 0.3 is 24.4 Å². The van der Waals surface area contributed by atoms with E-state index in [1.54, 1.807) is 55.4 Å². The first kappa shape index (κ1) is 36.5. The summed E-state index contributed by atoms with van der Waals surface area (Å²) in [5, 5.41) is 13.1. The minimum atomic E-state index is -2.26. The van der Waals surface area contributed by atoms with Gasteiger partial charge in [0.05, 0.1) is 0 Å². The van der Waals surface area contributed by atoms with Crippen molar-refractivity contribution in [2.24, 2.45) is 0 Å². The second kappa shape index (κ2) is 14.6. The summed E-state index contributed by atoms with van der Waals surface area (Å²) in [6.07, 6.45) is -2.18. The standard InChI is InChI=1S/C30H47NO11/c1-12-19(4)31-30(23(32)33,42-26(36)39-27(5,6)7)18-20-15-16-21(37-24(34)40-28(8,9)13-2)22(17-20)38-25(35)41-29(10,11)14-3/h15-17,19,31H,12-14,18H2,1-11H3,(H,32,33)/t19?,30-/m0/s1. The zero-order valence-corrected chi connectivity index (χ0v) is 26.7. The molecule has 238 valence electrons. The Hall–Kier alpha value is -3.54. The molecule has 0 saturated carbocycles. The molecule has 0 aliphatic heterocycles. The molecule has 0 bridgehead atoms. The molecule has 0 fully saturated rings. The van der Waals surface area contributed by atoms with Gasteiger partial charge in [0.15, 0.2) is 11.5 Å². The maximum absolute atomic E-state index is 12.7. The maximum atomic E-state index is 12.7. The molecule has 1 aromatic carbocycles. The first-order valence-corrected chi connectivity index (χ1v) is 14.0. The van der Waals surface area contributed by atoms with E-state index in [2.05, 4.69) is 5.32 Å². The van der Waals surface area contributed by atoms with E-state index >= 15 is 0 Å². The average molecular weight is 598 g/mol. The fraction of sp³-hybridized carbons (Fsp3) is 0.667. The third kappa shape index (κ3) is 12.1. The van der Waals surface area contributed by atoms with Gasteiger partial charge in [-0.3, -0.25) is 5.32 Å². The van der Waals surface area contributed by atoms with Gasteiger partial charge in [0.1, 0.15) is 16.8 Å². The maximum Gasteiger partial charge on any atom is 0.514 e. The van der Waals surface area contributed by atoms with Crippen molar-refractivity contribution >= 4 is 24.4 Å². The third-order valence-corrected chi connectivity index (χ3v) is 6.35. The summed E-state index contributed by atoms with van der Waals surface area (Å²) >= 11 is 0.